The molecule has 1 aromatic carbocycles. The Bertz CT molecular complexity index is 374. The number of rotatable bonds is 4. The van der Waals surface area contributed by atoms with Gasteiger partial charge in [-0.25, -0.2) is 4.39 Å². The van der Waals surface area contributed by atoms with Gasteiger partial charge in [-0.1, -0.05) is 0 Å². The fourth-order valence-corrected chi connectivity index (χ4v) is 1.36. The molecule has 3 nitrogen and oxygen atoms in total. The van der Waals surface area contributed by atoms with Gasteiger partial charge in [0.25, 0.3) is 0 Å². The zero-order chi connectivity index (χ0) is 11.4. The first-order chi connectivity index (χ1) is 7.13. The normalized spacial score (nSPS) is 9.87. The van der Waals surface area contributed by atoms with Crippen LogP contribution in [0.1, 0.15) is 22.8 Å². The summed E-state index contributed by atoms with van der Waals surface area (Å²) in [5.41, 5.74) is 0.648. The van der Waals surface area contributed by atoms with Crippen molar-refractivity contribution >= 4 is 5.78 Å². The Morgan fingerprint density at radius 1 is 1.27 bits per heavy atom. The maximum Gasteiger partial charge on any atom is 0.161 e. The van der Waals surface area contributed by atoms with Gasteiger partial charge in [0.2, 0.25) is 0 Å². The van der Waals surface area contributed by atoms with Crippen molar-refractivity contribution in [2.24, 2.45) is 0 Å². The molecule has 0 fully saturated rings. The first-order valence-corrected chi connectivity index (χ1v) is 4.45. The SMILES string of the molecule is COc1cc(CF)c(C(C)=O)cc1OC. The van der Waals surface area contributed by atoms with Crippen molar-refractivity contribution in [2.75, 3.05) is 14.2 Å². The molecule has 0 saturated heterocycles. The van der Waals surface area contributed by atoms with E-state index in [1.54, 1.807) is 0 Å². The van der Waals surface area contributed by atoms with Gasteiger partial charge >= 0.3 is 0 Å². The molecule has 0 atom stereocenters. The van der Waals surface area contributed by atoms with Crippen LogP contribution in [-0.4, -0.2) is 20.0 Å². The Kier molecular flexibility index (Phi) is 3.66. The van der Waals surface area contributed by atoms with Crippen LogP contribution in [0.25, 0.3) is 0 Å². The molecule has 0 unspecified atom stereocenters. The summed E-state index contributed by atoms with van der Waals surface area (Å²) in [6.45, 7) is 0.690. The van der Waals surface area contributed by atoms with Crippen LogP contribution >= 0.6 is 0 Å². The summed E-state index contributed by atoms with van der Waals surface area (Å²) >= 11 is 0. The summed E-state index contributed by atoms with van der Waals surface area (Å²) in [5.74, 6) is 0.665. The van der Waals surface area contributed by atoms with Gasteiger partial charge in [-0.2, -0.15) is 0 Å². The Balaban J connectivity index is 3.34. The third-order valence-corrected chi connectivity index (χ3v) is 2.13. The number of ketones is 1. The molecule has 0 heterocycles. The second kappa shape index (κ2) is 4.77. The summed E-state index contributed by atoms with van der Waals surface area (Å²) in [6, 6.07) is 2.98. The number of Topliss-reactive ketones (excluding diaryl/α,β-unsaturated/α-hetero) is 1. The van der Waals surface area contributed by atoms with Crippen LogP contribution in [0.2, 0.25) is 0 Å². The summed E-state index contributed by atoms with van der Waals surface area (Å²) in [4.78, 5) is 11.2. The zero-order valence-electron chi connectivity index (χ0n) is 8.96. The number of ether oxygens (including phenoxy) is 2. The van der Waals surface area contributed by atoms with E-state index in [4.69, 9.17) is 9.47 Å². The number of hydrogen-bond donors (Lipinski definition) is 0. The highest BCUT2D eigenvalue weighted by atomic mass is 19.1. The summed E-state index contributed by atoms with van der Waals surface area (Å²) in [7, 11) is 2.93. The lowest BCUT2D eigenvalue weighted by atomic mass is 10.0. The maximum absolute atomic E-state index is 12.6. The van der Waals surface area contributed by atoms with E-state index in [0.717, 1.165) is 0 Å². The fraction of sp³-hybridized carbons (Fsp3) is 0.364. The number of hydrogen-bond acceptors (Lipinski definition) is 3. The van der Waals surface area contributed by atoms with Crippen molar-refractivity contribution in [1.82, 2.24) is 0 Å². The first kappa shape index (κ1) is 11.5. The molecule has 1 aromatic rings. The second-order valence-corrected chi connectivity index (χ2v) is 3.05. The lowest BCUT2D eigenvalue weighted by molar-refractivity contribution is 0.101. The van der Waals surface area contributed by atoms with E-state index in [9.17, 15) is 9.18 Å². The largest absolute Gasteiger partial charge is 0.493 e. The van der Waals surface area contributed by atoms with Crippen LogP contribution in [0, 0.1) is 0 Å². The topological polar surface area (TPSA) is 35.5 Å². The molecule has 0 aromatic heterocycles. The van der Waals surface area contributed by atoms with Crippen molar-refractivity contribution in [3.8, 4) is 11.5 Å². The molecule has 0 saturated carbocycles. The fourth-order valence-electron chi connectivity index (χ4n) is 1.36. The summed E-state index contributed by atoms with van der Waals surface area (Å²) in [6.07, 6.45) is 0. The Hall–Kier alpha value is -1.58. The van der Waals surface area contributed by atoms with Crippen molar-refractivity contribution in [1.29, 1.82) is 0 Å². The van der Waals surface area contributed by atoms with Crippen LogP contribution in [0.3, 0.4) is 0 Å². The standard InChI is InChI=1S/C11H13FO3/c1-7(13)9-5-11(15-3)10(14-2)4-8(9)6-12/h4-5H,6H2,1-3H3. The van der Waals surface area contributed by atoms with Crippen molar-refractivity contribution in [3.63, 3.8) is 0 Å². The molecule has 1 rings (SSSR count). The van der Waals surface area contributed by atoms with Gasteiger partial charge in [0.05, 0.1) is 14.2 Å². The molecule has 0 spiro atoms. The van der Waals surface area contributed by atoms with Gasteiger partial charge in [0.15, 0.2) is 17.3 Å². The molecule has 0 amide bonds. The Labute approximate surface area is 87.8 Å². The quantitative estimate of drug-likeness (QED) is 0.719. The third kappa shape index (κ3) is 2.26. The molecule has 15 heavy (non-hydrogen) atoms. The van der Waals surface area contributed by atoms with Crippen molar-refractivity contribution < 1.29 is 18.7 Å². The summed E-state index contributed by atoms with van der Waals surface area (Å²) < 4.78 is 22.7. The van der Waals surface area contributed by atoms with Crippen LogP contribution in [-0.2, 0) is 6.67 Å². The molecule has 0 aliphatic rings. The van der Waals surface area contributed by atoms with E-state index in [1.807, 2.05) is 0 Å². The van der Waals surface area contributed by atoms with Gasteiger partial charge in [-0.3, -0.25) is 4.79 Å². The smallest absolute Gasteiger partial charge is 0.161 e. The minimum absolute atomic E-state index is 0.191. The molecule has 0 aliphatic heterocycles. The average Bonchev–Trinajstić information content (AvgIpc) is 2.26. The minimum Gasteiger partial charge on any atom is -0.493 e. The first-order valence-electron chi connectivity index (χ1n) is 4.45. The molecule has 0 aliphatic carbocycles. The van der Waals surface area contributed by atoms with Gasteiger partial charge < -0.3 is 9.47 Å². The lowest BCUT2D eigenvalue weighted by Crippen LogP contribution is -2.01. The molecular weight excluding hydrogens is 199 g/mol. The maximum atomic E-state index is 12.6. The number of alkyl halides is 1. The van der Waals surface area contributed by atoms with Gasteiger partial charge in [-0.05, 0) is 24.6 Å². The highest BCUT2D eigenvalue weighted by Crippen LogP contribution is 2.31. The molecule has 0 radical (unpaired) electrons. The van der Waals surface area contributed by atoms with E-state index in [2.05, 4.69) is 0 Å². The van der Waals surface area contributed by atoms with E-state index in [1.165, 1.54) is 33.3 Å². The average molecular weight is 212 g/mol. The highest BCUT2D eigenvalue weighted by Gasteiger charge is 2.13. The number of carbonyl (C=O) groups is 1. The van der Waals surface area contributed by atoms with E-state index in [0.29, 0.717) is 22.6 Å². The molecule has 82 valence electrons. The van der Waals surface area contributed by atoms with E-state index >= 15 is 0 Å². The number of carbonyl (C=O) groups excluding carboxylic acids is 1. The minimum atomic E-state index is -0.699. The predicted molar refractivity (Wildman–Crippen MR) is 54.4 cm³/mol. The number of methoxy groups -OCH3 is 2. The summed E-state index contributed by atoms with van der Waals surface area (Å²) in [5, 5.41) is 0. The third-order valence-electron chi connectivity index (χ3n) is 2.13. The second-order valence-electron chi connectivity index (χ2n) is 3.05. The lowest BCUT2D eigenvalue weighted by Gasteiger charge is -2.11. The van der Waals surface area contributed by atoms with Gasteiger partial charge in [0.1, 0.15) is 6.67 Å². The zero-order valence-corrected chi connectivity index (χ0v) is 8.96. The molecule has 0 bridgehead atoms. The highest BCUT2D eigenvalue weighted by molar-refractivity contribution is 5.96. The van der Waals surface area contributed by atoms with Crippen LogP contribution < -0.4 is 9.47 Å². The number of halogens is 1. The Morgan fingerprint density at radius 3 is 2.20 bits per heavy atom. The van der Waals surface area contributed by atoms with Crippen molar-refractivity contribution in [3.05, 3.63) is 23.3 Å². The van der Waals surface area contributed by atoms with Crippen LogP contribution in [0.15, 0.2) is 12.1 Å². The van der Waals surface area contributed by atoms with E-state index < -0.39 is 6.67 Å². The molecule has 4 heteroatoms. The monoisotopic (exact) mass is 212 g/mol. The van der Waals surface area contributed by atoms with Gasteiger partial charge in [-0.15, -0.1) is 0 Å². The Morgan fingerprint density at radius 2 is 1.80 bits per heavy atom. The van der Waals surface area contributed by atoms with Gasteiger partial charge in [0, 0.05) is 5.56 Å². The number of benzene rings is 1. The predicted octanol–water partition coefficient (Wildman–Crippen LogP) is 2.38. The van der Waals surface area contributed by atoms with E-state index in [-0.39, 0.29) is 5.78 Å². The molecule has 0 N–H and O–H groups in total. The molecular formula is C11H13FO3. The van der Waals surface area contributed by atoms with Crippen molar-refractivity contribution in [2.45, 2.75) is 13.6 Å². The van der Waals surface area contributed by atoms with Crippen LogP contribution in [0.4, 0.5) is 4.39 Å². The van der Waals surface area contributed by atoms with Crippen LogP contribution in [0.5, 0.6) is 11.5 Å².